The van der Waals surface area contributed by atoms with Crippen molar-refractivity contribution < 1.29 is 9.53 Å². The fraction of sp³-hybridized carbons (Fsp3) is 0.188. The lowest BCUT2D eigenvalue weighted by atomic mass is 10.1. The molecule has 3 rings (SSSR count). The Balaban J connectivity index is 1.82. The highest BCUT2D eigenvalue weighted by Crippen LogP contribution is 2.24. The van der Waals surface area contributed by atoms with E-state index in [0.29, 0.717) is 18.1 Å². The van der Waals surface area contributed by atoms with E-state index in [1.165, 1.54) is 0 Å². The highest BCUT2D eigenvalue weighted by atomic mass is 35.5. The van der Waals surface area contributed by atoms with E-state index in [9.17, 15) is 4.79 Å². The van der Waals surface area contributed by atoms with Gasteiger partial charge in [-0.05, 0) is 23.8 Å². The lowest BCUT2D eigenvalue weighted by Gasteiger charge is -2.20. The number of halogens is 1. The standard InChI is InChI=1S/C16H14ClNO2/c17-14-7-5-12(6-8-14)9-18-10-13-3-1-2-4-15(13)20-11-16(18)19/h1-8H,9-11H2. The lowest BCUT2D eigenvalue weighted by Crippen LogP contribution is -2.31. The van der Waals surface area contributed by atoms with Gasteiger partial charge in [-0.2, -0.15) is 0 Å². The summed E-state index contributed by atoms with van der Waals surface area (Å²) in [7, 11) is 0. The Morgan fingerprint density at radius 3 is 2.65 bits per heavy atom. The molecule has 3 nitrogen and oxygen atoms in total. The summed E-state index contributed by atoms with van der Waals surface area (Å²) in [5.74, 6) is 0.788. The quantitative estimate of drug-likeness (QED) is 0.848. The van der Waals surface area contributed by atoms with Gasteiger partial charge in [-0.15, -0.1) is 0 Å². The SMILES string of the molecule is O=C1COc2ccccc2CN1Cc1ccc(Cl)cc1. The molecule has 2 aromatic carbocycles. The van der Waals surface area contributed by atoms with Gasteiger partial charge in [0.25, 0.3) is 5.91 Å². The zero-order valence-corrected chi connectivity index (χ0v) is 11.6. The zero-order chi connectivity index (χ0) is 13.9. The molecule has 2 aromatic rings. The number of fused-ring (bicyclic) bond motifs is 1. The molecule has 1 heterocycles. The largest absolute Gasteiger partial charge is 0.483 e. The second kappa shape index (κ2) is 5.55. The summed E-state index contributed by atoms with van der Waals surface area (Å²) in [6.45, 7) is 1.22. The first kappa shape index (κ1) is 13.0. The van der Waals surface area contributed by atoms with Gasteiger partial charge in [-0.3, -0.25) is 4.79 Å². The van der Waals surface area contributed by atoms with E-state index in [1.54, 1.807) is 4.90 Å². The van der Waals surface area contributed by atoms with Gasteiger partial charge in [0.2, 0.25) is 0 Å². The van der Waals surface area contributed by atoms with Gasteiger partial charge in [0, 0.05) is 23.7 Å². The third-order valence-electron chi connectivity index (χ3n) is 3.32. The molecule has 0 atom stereocenters. The van der Waals surface area contributed by atoms with E-state index < -0.39 is 0 Å². The molecule has 0 aliphatic carbocycles. The Kier molecular flexibility index (Phi) is 3.61. The number of carbonyl (C=O) groups is 1. The predicted molar refractivity (Wildman–Crippen MR) is 77.6 cm³/mol. The number of para-hydroxylation sites is 1. The maximum atomic E-state index is 12.1. The summed E-state index contributed by atoms with van der Waals surface area (Å²) in [4.78, 5) is 13.9. The maximum Gasteiger partial charge on any atom is 0.261 e. The summed E-state index contributed by atoms with van der Waals surface area (Å²) in [6, 6.07) is 15.3. The molecule has 0 spiro atoms. The van der Waals surface area contributed by atoms with Gasteiger partial charge in [-0.25, -0.2) is 0 Å². The van der Waals surface area contributed by atoms with E-state index in [-0.39, 0.29) is 12.5 Å². The summed E-state index contributed by atoms with van der Waals surface area (Å²) >= 11 is 5.88. The van der Waals surface area contributed by atoms with Crippen LogP contribution in [0, 0.1) is 0 Å². The van der Waals surface area contributed by atoms with Crippen molar-refractivity contribution in [3.8, 4) is 5.75 Å². The number of amides is 1. The summed E-state index contributed by atoms with van der Waals surface area (Å²) in [5, 5.41) is 0.699. The van der Waals surface area contributed by atoms with Crippen molar-refractivity contribution in [1.29, 1.82) is 0 Å². The zero-order valence-electron chi connectivity index (χ0n) is 10.9. The highest BCUT2D eigenvalue weighted by Gasteiger charge is 2.21. The van der Waals surface area contributed by atoms with Crippen molar-refractivity contribution >= 4 is 17.5 Å². The minimum atomic E-state index is -0.00356. The van der Waals surface area contributed by atoms with E-state index in [2.05, 4.69) is 0 Å². The van der Waals surface area contributed by atoms with Crippen LogP contribution in [0.15, 0.2) is 48.5 Å². The summed E-state index contributed by atoms with van der Waals surface area (Å²) in [6.07, 6.45) is 0. The Morgan fingerprint density at radius 1 is 1.10 bits per heavy atom. The lowest BCUT2D eigenvalue weighted by molar-refractivity contribution is -0.133. The van der Waals surface area contributed by atoms with Gasteiger partial charge in [-0.1, -0.05) is 41.9 Å². The van der Waals surface area contributed by atoms with E-state index in [4.69, 9.17) is 16.3 Å². The topological polar surface area (TPSA) is 29.5 Å². The van der Waals surface area contributed by atoms with Crippen LogP contribution in [0.1, 0.15) is 11.1 Å². The Hall–Kier alpha value is -2.00. The smallest absolute Gasteiger partial charge is 0.261 e. The van der Waals surface area contributed by atoms with Crippen molar-refractivity contribution in [3.63, 3.8) is 0 Å². The minimum Gasteiger partial charge on any atom is -0.483 e. The predicted octanol–water partition coefficient (Wildman–Crippen LogP) is 3.26. The Morgan fingerprint density at radius 2 is 1.85 bits per heavy atom. The molecular weight excluding hydrogens is 274 g/mol. The van der Waals surface area contributed by atoms with Crippen LogP contribution in [0.4, 0.5) is 0 Å². The van der Waals surface area contributed by atoms with E-state index >= 15 is 0 Å². The monoisotopic (exact) mass is 287 g/mol. The highest BCUT2D eigenvalue weighted by molar-refractivity contribution is 6.30. The van der Waals surface area contributed by atoms with Crippen LogP contribution in [0.5, 0.6) is 5.75 Å². The maximum absolute atomic E-state index is 12.1. The van der Waals surface area contributed by atoms with Crippen LogP contribution in [-0.4, -0.2) is 17.4 Å². The van der Waals surface area contributed by atoms with Gasteiger partial charge in [0.15, 0.2) is 6.61 Å². The number of hydrogen-bond donors (Lipinski definition) is 0. The first-order chi connectivity index (χ1) is 9.72. The molecule has 0 saturated heterocycles. The summed E-state index contributed by atoms with van der Waals surface area (Å²) < 4.78 is 5.54. The van der Waals surface area contributed by atoms with Crippen molar-refractivity contribution in [1.82, 2.24) is 4.90 Å². The molecule has 1 amide bonds. The number of rotatable bonds is 2. The van der Waals surface area contributed by atoms with Crippen molar-refractivity contribution in [2.75, 3.05) is 6.61 Å². The second-order valence-electron chi connectivity index (χ2n) is 4.77. The first-order valence-corrected chi connectivity index (χ1v) is 6.83. The van der Waals surface area contributed by atoms with Gasteiger partial charge in [0.05, 0.1) is 0 Å². The molecule has 1 aliphatic heterocycles. The normalized spacial score (nSPS) is 14.4. The molecule has 0 fully saturated rings. The molecule has 0 saturated carbocycles. The molecule has 1 aliphatic rings. The van der Waals surface area contributed by atoms with E-state index in [0.717, 1.165) is 16.9 Å². The first-order valence-electron chi connectivity index (χ1n) is 6.45. The fourth-order valence-corrected chi connectivity index (χ4v) is 2.38. The van der Waals surface area contributed by atoms with Crippen molar-refractivity contribution in [2.45, 2.75) is 13.1 Å². The van der Waals surface area contributed by atoms with Crippen LogP contribution >= 0.6 is 11.6 Å². The molecule has 0 bridgehead atoms. The van der Waals surface area contributed by atoms with Crippen molar-refractivity contribution in [2.24, 2.45) is 0 Å². The number of carbonyl (C=O) groups excluding carboxylic acids is 1. The number of nitrogens with zero attached hydrogens (tertiary/aromatic N) is 1. The molecule has 0 N–H and O–H groups in total. The number of benzene rings is 2. The van der Waals surface area contributed by atoms with Gasteiger partial charge in [0.1, 0.15) is 5.75 Å². The molecule has 102 valence electrons. The Bertz CT molecular complexity index is 625. The van der Waals surface area contributed by atoms with Crippen molar-refractivity contribution in [3.05, 3.63) is 64.7 Å². The molecule has 0 radical (unpaired) electrons. The van der Waals surface area contributed by atoms with E-state index in [1.807, 2.05) is 48.5 Å². The molecule has 20 heavy (non-hydrogen) atoms. The minimum absolute atomic E-state index is 0.00356. The van der Waals surface area contributed by atoms with Crippen LogP contribution < -0.4 is 4.74 Å². The third kappa shape index (κ3) is 2.78. The van der Waals surface area contributed by atoms with Gasteiger partial charge >= 0.3 is 0 Å². The van der Waals surface area contributed by atoms with Crippen LogP contribution in [0.25, 0.3) is 0 Å². The second-order valence-corrected chi connectivity index (χ2v) is 5.21. The Labute approximate surface area is 122 Å². The van der Waals surface area contributed by atoms with Gasteiger partial charge < -0.3 is 9.64 Å². The average molecular weight is 288 g/mol. The molecule has 0 unspecified atom stereocenters. The molecular formula is C16H14ClNO2. The summed E-state index contributed by atoms with van der Waals surface area (Å²) in [5.41, 5.74) is 2.09. The van der Waals surface area contributed by atoms with Crippen LogP contribution in [0.3, 0.4) is 0 Å². The average Bonchev–Trinajstić information content (AvgIpc) is 2.62. The molecule has 0 aromatic heterocycles. The third-order valence-corrected chi connectivity index (χ3v) is 3.58. The fourth-order valence-electron chi connectivity index (χ4n) is 2.25. The van der Waals surface area contributed by atoms with Crippen LogP contribution in [0.2, 0.25) is 5.02 Å². The molecule has 4 heteroatoms. The number of hydrogen-bond acceptors (Lipinski definition) is 2. The van der Waals surface area contributed by atoms with Crippen LogP contribution in [-0.2, 0) is 17.9 Å². The number of ether oxygens (including phenoxy) is 1.